The zero-order valence-corrected chi connectivity index (χ0v) is 12.8. The molecule has 0 aromatic heterocycles. The van der Waals surface area contributed by atoms with E-state index in [4.69, 9.17) is 0 Å². The van der Waals surface area contributed by atoms with Crippen LogP contribution in [0, 0.1) is 9.39 Å². The van der Waals surface area contributed by atoms with Crippen LogP contribution in [-0.2, 0) is 0 Å². The maximum absolute atomic E-state index is 13.1. The van der Waals surface area contributed by atoms with Crippen LogP contribution in [0.3, 0.4) is 0 Å². The molecule has 1 aliphatic heterocycles. The molecule has 0 radical (unpaired) electrons. The summed E-state index contributed by atoms with van der Waals surface area (Å²) >= 11 is 2.02. The number of amides is 1. The second kappa shape index (κ2) is 5.55. The molecule has 4 heteroatoms. The Bertz CT molecular complexity index is 453. The molecular weight excluding hydrogens is 344 g/mol. The number of carbonyl (C=O) groups excluding carboxylic acids is 1. The number of nitrogens with zero attached hydrogens (tertiary/aromatic N) is 1. The van der Waals surface area contributed by atoms with Crippen molar-refractivity contribution >= 4 is 28.5 Å². The Morgan fingerprint density at radius 2 is 1.94 bits per heavy atom. The lowest BCUT2D eigenvalue weighted by Gasteiger charge is -2.39. The molecule has 0 aliphatic carbocycles. The maximum Gasteiger partial charge on any atom is 0.255 e. The van der Waals surface area contributed by atoms with Crippen LogP contribution < -0.4 is 0 Å². The highest BCUT2D eigenvalue weighted by Crippen LogP contribution is 2.26. The zero-order valence-electron chi connectivity index (χ0n) is 10.6. The summed E-state index contributed by atoms with van der Waals surface area (Å²) in [5, 5.41) is 0. The first-order valence-corrected chi connectivity index (χ1v) is 7.36. The van der Waals surface area contributed by atoms with Crippen molar-refractivity contribution in [3.8, 4) is 0 Å². The van der Waals surface area contributed by atoms with Gasteiger partial charge in [0.05, 0.1) is 5.56 Å². The first kappa shape index (κ1) is 13.8. The topological polar surface area (TPSA) is 20.3 Å². The van der Waals surface area contributed by atoms with E-state index in [9.17, 15) is 9.18 Å². The number of carbonyl (C=O) groups is 1. The van der Waals surface area contributed by atoms with Gasteiger partial charge in [0, 0.05) is 15.7 Å². The molecule has 0 N–H and O–H groups in total. The molecule has 1 saturated heterocycles. The number of likely N-dealkylation sites (tertiary alicyclic amines) is 1. The molecule has 18 heavy (non-hydrogen) atoms. The summed E-state index contributed by atoms with van der Waals surface area (Å²) in [6.07, 6.45) is 3.27. The number of piperidine rings is 1. The minimum atomic E-state index is -0.296. The summed E-state index contributed by atoms with van der Waals surface area (Å²) in [5.41, 5.74) is 0.609. The first-order valence-electron chi connectivity index (χ1n) is 6.28. The number of benzene rings is 1. The van der Waals surface area contributed by atoms with Crippen molar-refractivity contribution in [1.29, 1.82) is 0 Å². The van der Waals surface area contributed by atoms with E-state index in [1.165, 1.54) is 18.6 Å². The van der Waals surface area contributed by atoms with Gasteiger partial charge in [-0.15, -0.1) is 0 Å². The van der Waals surface area contributed by atoms with E-state index in [0.29, 0.717) is 9.13 Å². The highest BCUT2D eigenvalue weighted by molar-refractivity contribution is 14.1. The normalized spacial score (nSPS) is 24.1. The number of hydrogen-bond acceptors (Lipinski definition) is 1. The van der Waals surface area contributed by atoms with E-state index >= 15 is 0 Å². The van der Waals surface area contributed by atoms with Crippen molar-refractivity contribution in [3.05, 3.63) is 33.1 Å². The van der Waals surface area contributed by atoms with Gasteiger partial charge in [-0.2, -0.15) is 0 Å². The average Bonchev–Trinajstić information content (AvgIpc) is 2.28. The van der Waals surface area contributed by atoms with E-state index in [0.717, 1.165) is 12.8 Å². The molecule has 2 rings (SSSR count). The minimum Gasteiger partial charge on any atom is -0.333 e. The first-order chi connectivity index (χ1) is 8.50. The lowest BCUT2D eigenvalue weighted by molar-refractivity contribution is 0.0509. The molecule has 1 fully saturated rings. The van der Waals surface area contributed by atoms with Gasteiger partial charge in [-0.25, -0.2) is 4.39 Å². The largest absolute Gasteiger partial charge is 0.333 e. The van der Waals surface area contributed by atoms with Gasteiger partial charge in [-0.05, 0) is 73.9 Å². The Labute approximate surface area is 121 Å². The third kappa shape index (κ3) is 2.68. The number of rotatable bonds is 1. The maximum atomic E-state index is 13.1. The van der Waals surface area contributed by atoms with Crippen molar-refractivity contribution < 1.29 is 9.18 Å². The summed E-state index contributed by atoms with van der Waals surface area (Å²) in [7, 11) is 0. The Kier molecular flexibility index (Phi) is 4.25. The van der Waals surface area contributed by atoms with Crippen molar-refractivity contribution in [2.24, 2.45) is 0 Å². The molecule has 2 unspecified atom stereocenters. The molecule has 1 aromatic rings. The summed E-state index contributed by atoms with van der Waals surface area (Å²) in [6.45, 7) is 4.17. The second-order valence-corrected chi connectivity index (χ2v) is 6.13. The third-order valence-electron chi connectivity index (χ3n) is 3.59. The predicted octanol–water partition coefficient (Wildman–Crippen LogP) is 3.83. The lowest BCUT2D eigenvalue weighted by Crippen LogP contribution is -2.47. The predicted molar refractivity (Wildman–Crippen MR) is 78.1 cm³/mol. The average molecular weight is 361 g/mol. The van der Waals surface area contributed by atoms with E-state index < -0.39 is 0 Å². The highest BCUT2D eigenvalue weighted by Gasteiger charge is 2.30. The molecule has 0 bridgehead atoms. The second-order valence-electron chi connectivity index (χ2n) is 4.97. The fraction of sp³-hybridized carbons (Fsp3) is 0.500. The van der Waals surface area contributed by atoms with Crippen LogP contribution in [0.2, 0.25) is 0 Å². The van der Waals surface area contributed by atoms with Gasteiger partial charge < -0.3 is 4.90 Å². The monoisotopic (exact) mass is 361 g/mol. The molecule has 2 nitrogen and oxygen atoms in total. The van der Waals surface area contributed by atoms with Crippen LogP contribution in [0.1, 0.15) is 43.5 Å². The van der Waals surface area contributed by atoms with Crippen molar-refractivity contribution in [3.63, 3.8) is 0 Å². The highest BCUT2D eigenvalue weighted by atomic mass is 127. The fourth-order valence-corrected chi connectivity index (χ4v) is 3.33. The zero-order chi connectivity index (χ0) is 13.3. The molecular formula is C14H17FINO. The van der Waals surface area contributed by atoms with Gasteiger partial charge in [0.25, 0.3) is 5.91 Å². The molecule has 98 valence electrons. The molecule has 1 aliphatic rings. The summed E-state index contributed by atoms with van der Waals surface area (Å²) < 4.78 is 13.8. The Balaban J connectivity index is 2.29. The van der Waals surface area contributed by atoms with Crippen molar-refractivity contribution in [2.45, 2.75) is 45.2 Å². The van der Waals surface area contributed by atoms with Gasteiger partial charge >= 0.3 is 0 Å². The van der Waals surface area contributed by atoms with Gasteiger partial charge in [-0.3, -0.25) is 4.79 Å². The van der Waals surface area contributed by atoms with Crippen LogP contribution in [0.5, 0.6) is 0 Å². The Morgan fingerprint density at radius 1 is 1.33 bits per heavy atom. The minimum absolute atomic E-state index is 0.0269. The van der Waals surface area contributed by atoms with Crippen LogP contribution in [0.15, 0.2) is 18.2 Å². The van der Waals surface area contributed by atoms with E-state index in [1.54, 1.807) is 6.07 Å². The fourth-order valence-electron chi connectivity index (χ4n) is 2.62. The number of hydrogen-bond donors (Lipinski definition) is 0. The Morgan fingerprint density at radius 3 is 2.50 bits per heavy atom. The smallest absolute Gasteiger partial charge is 0.255 e. The summed E-state index contributed by atoms with van der Waals surface area (Å²) in [6, 6.07) is 4.89. The molecule has 0 spiro atoms. The van der Waals surface area contributed by atoms with Gasteiger partial charge in [0.15, 0.2) is 0 Å². The molecule has 1 heterocycles. The SMILES string of the molecule is CC1CCCC(C)N1C(=O)c1ccc(F)cc1I. The molecule has 2 atom stereocenters. The lowest BCUT2D eigenvalue weighted by atomic mass is 9.96. The Hall–Kier alpha value is -0.650. The number of halogens is 2. The quantitative estimate of drug-likeness (QED) is 0.697. The standard InChI is InChI=1S/C14H17FINO/c1-9-4-3-5-10(2)17(9)14(18)12-7-6-11(15)8-13(12)16/h6-10H,3-5H2,1-2H3. The van der Waals surface area contributed by atoms with Crippen LogP contribution in [0.4, 0.5) is 4.39 Å². The van der Waals surface area contributed by atoms with Crippen molar-refractivity contribution in [2.75, 3.05) is 0 Å². The van der Waals surface area contributed by atoms with Crippen LogP contribution in [0.25, 0.3) is 0 Å². The van der Waals surface area contributed by atoms with Crippen LogP contribution >= 0.6 is 22.6 Å². The summed E-state index contributed by atoms with van der Waals surface area (Å²) in [4.78, 5) is 14.5. The van der Waals surface area contributed by atoms with E-state index in [2.05, 4.69) is 13.8 Å². The molecule has 1 aromatic carbocycles. The van der Waals surface area contributed by atoms with E-state index in [1.807, 2.05) is 27.5 Å². The van der Waals surface area contributed by atoms with Gasteiger partial charge in [-0.1, -0.05) is 0 Å². The van der Waals surface area contributed by atoms with Crippen LogP contribution in [-0.4, -0.2) is 22.9 Å². The summed E-state index contributed by atoms with van der Waals surface area (Å²) in [5.74, 6) is -0.269. The van der Waals surface area contributed by atoms with Crippen molar-refractivity contribution in [1.82, 2.24) is 4.90 Å². The van der Waals surface area contributed by atoms with Gasteiger partial charge in [0.1, 0.15) is 5.82 Å². The van der Waals surface area contributed by atoms with Gasteiger partial charge in [0.2, 0.25) is 0 Å². The molecule has 1 amide bonds. The van der Waals surface area contributed by atoms with E-state index in [-0.39, 0.29) is 23.8 Å². The third-order valence-corrected chi connectivity index (χ3v) is 4.48. The molecule has 0 saturated carbocycles.